The SMILES string of the molecule is CC(C)=CCC(C)[C@H]1C[C@]1(C)[C@H](C)O. The highest BCUT2D eigenvalue weighted by atomic mass is 16.3. The highest BCUT2D eigenvalue weighted by Crippen LogP contribution is 2.59. The Hall–Kier alpha value is -0.300. The topological polar surface area (TPSA) is 20.2 Å². The van der Waals surface area contributed by atoms with Gasteiger partial charge in [0.15, 0.2) is 0 Å². The summed E-state index contributed by atoms with van der Waals surface area (Å²) >= 11 is 0. The average molecular weight is 196 g/mol. The summed E-state index contributed by atoms with van der Waals surface area (Å²) in [5, 5.41) is 9.63. The molecule has 1 rings (SSSR count). The van der Waals surface area contributed by atoms with Gasteiger partial charge >= 0.3 is 0 Å². The van der Waals surface area contributed by atoms with E-state index >= 15 is 0 Å². The average Bonchev–Trinajstić information content (AvgIpc) is 2.75. The molecule has 0 amide bonds. The summed E-state index contributed by atoms with van der Waals surface area (Å²) in [6.07, 6.45) is 4.52. The summed E-state index contributed by atoms with van der Waals surface area (Å²) in [5.41, 5.74) is 1.60. The predicted molar refractivity (Wildman–Crippen MR) is 61.1 cm³/mol. The van der Waals surface area contributed by atoms with E-state index in [1.54, 1.807) is 0 Å². The largest absolute Gasteiger partial charge is 0.393 e. The maximum atomic E-state index is 9.63. The normalized spacial score (nSPS) is 34.9. The minimum Gasteiger partial charge on any atom is -0.393 e. The molecule has 82 valence electrons. The van der Waals surface area contributed by atoms with Crippen LogP contribution in [0.2, 0.25) is 0 Å². The lowest BCUT2D eigenvalue weighted by Crippen LogP contribution is -2.18. The summed E-state index contributed by atoms with van der Waals surface area (Å²) in [6.45, 7) is 10.7. The van der Waals surface area contributed by atoms with Crippen LogP contribution >= 0.6 is 0 Å². The second kappa shape index (κ2) is 4.06. The van der Waals surface area contributed by atoms with Crippen LogP contribution in [0.15, 0.2) is 11.6 Å². The predicted octanol–water partition coefficient (Wildman–Crippen LogP) is 3.39. The Morgan fingerprint density at radius 1 is 1.50 bits per heavy atom. The van der Waals surface area contributed by atoms with Crippen LogP contribution < -0.4 is 0 Å². The summed E-state index contributed by atoms with van der Waals surface area (Å²) in [4.78, 5) is 0. The van der Waals surface area contributed by atoms with Crippen molar-refractivity contribution in [3.05, 3.63) is 11.6 Å². The number of rotatable bonds is 4. The Morgan fingerprint density at radius 2 is 2.07 bits per heavy atom. The van der Waals surface area contributed by atoms with E-state index < -0.39 is 0 Å². The zero-order chi connectivity index (χ0) is 10.9. The zero-order valence-corrected chi connectivity index (χ0v) is 10.2. The molecular weight excluding hydrogens is 172 g/mol. The standard InChI is InChI=1S/C13H24O/c1-9(2)6-7-10(3)12-8-13(12,5)11(4)14/h6,10-12,14H,7-8H2,1-5H3/t10?,11-,12+,13+/m0/s1. The highest BCUT2D eigenvalue weighted by molar-refractivity contribution is 5.06. The van der Waals surface area contributed by atoms with E-state index in [1.165, 1.54) is 12.0 Å². The third kappa shape index (κ3) is 2.38. The van der Waals surface area contributed by atoms with E-state index in [2.05, 4.69) is 33.8 Å². The zero-order valence-electron chi connectivity index (χ0n) is 10.2. The first-order chi connectivity index (χ1) is 6.38. The molecule has 0 spiro atoms. The van der Waals surface area contributed by atoms with Crippen LogP contribution in [0.4, 0.5) is 0 Å². The minimum atomic E-state index is -0.151. The molecule has 1 aliphatic carbocycles. The van der Waals surface area contributed by atoms with Crippen LogP contribution in [0.25, 0.3) is 0 Å². The second-order valence-corrected chi connectivity index (χ2v) is 5.49. The van der Waals surface area contributed by atoms with Crippen molar-refractivity contribution in [1.82, 2.24) is 0 Å². The summed E-state index contributed by atoms with van der Waals surface area (Å²) in [5.74, 6) is 1.43. The van der Waals surface area contributed by atoms with Crippen LogP contribution in [0.5, 0.6) is 0 Å². The molecule has 1 unspecified atom stereocenters. The lowest BCUT2D eigenvalue weighted by atomic mass is 9.91. The number of aliphatic hydroxyl groups is 1. The lowest BCUT2D eigenvalue weighted by Gasteiger charge is -2.18. The number of aliphatic hydroxyl groups excluding tert-OH is 1. The van der Waals surface area contributed by atoms with E-state index in [-0.39, 0.29) is 11.5 Å². The molecule has 0 radical (unpaired) electrons. The molecule has 0 aromatic heterocycles. The quantitative estimate of drug-likeness (QED) is 0.683. The lowest BCUT2D eigenvalue weighted by molar-refractivity contribution is 0.104. The van der Waals surface area contributed by atoms with Gasteiger partial charge in [-0.1, -0.05) is 25.5 Å². The molecule has 1 aliphatic rings. The van der Waals surface area contributed by atoms with Gasteiger partial charge in [-0.05, 0) is 50.9 Å². The molecule has 1 fully saturated rings. The van der Waals surface area contributed by atoms with E-state index in [4.69, 9.17) is 0 Å². The Morgan fingerprint density at radius 3 is 2.43 bits per heavy atom. The Labute approximate surface area is 88.2 Å². The maximum absolute atomic E-state index is 9.63. The molecule has 0 aromatic rings. The first-order valence-electron chi connectivity index (χ1n) is 5.69. The fraction of sp³-hybridized carbons (Fsp3) is 0.846. The number of hydrogen-bond donors (Lipinski definition) is 1. The fourth-order valence-electron chi connectivity index (χ4n) is 2.33. The molecule has 14 heavy (non-hydrogen) atoms. The van der Waals surface area contributed by atoms with Crippen LogP contribution in [-0.2, 0) is 0 Å². The monoisotopic (exact) mass is 196 g/mol. The molecule has 0 aromatic carbocycles. The van der Waals surface area contributed by atoms with Crippen molar-refractivity contribution in [3.8, 4) is 0 Å². The van der Waals surface area contributed by atoms with Crippen molar-refractivity contribution in [3.63, 3.8) is 0 Å². The molecule has 4 atom stereocenters. The third-order valence-corrected chi connectivity index (χ3v) is 3.89. The van der Waals surface area contributed by atoms with E-state index in [0.29, 0.717) is 5.92 Å². The van der Waals surface area contributed by atoms with Gasteiger partial charge in [-0.2, -0.15) is 0 Å². The first-order valence-corrected chi connectivity index (χ1v) is 5.69. The Balaban J connectivity index is 2.43. The minimum absolute atomic E-state index is 0.151. The van der Waals surface area contributed by atoms with Crippen LogP contribution in [0.1, 0.15) is 47.5 Å². The molecule has 0 aliphatic heterocycles. The van der Waals surface area contributed by atoms with Gasteiger partial charge in [0.1, 0.15) is 0 Å². The molecule has 0 heterocycles. The van der Waals surface area contributed by atoms with Gasteiger partial charge in [0.25, 0.3) is 0 Å². The number of hydrogen-bond acceptors (Lipinski definition) is 1. The summed E-state index contributed by atoms with van der Waals surface area (Å²) in [6, 6.07) is 0. The van der Waals surface area contributed by atoms with Gasteiger partial charge in [0.05, 0.1) is 6.10 Å². The molecule has 0 bridgehead atoms. The Kier molecular flexibility index (Phi) is 3.41. The van der Waals surface area contributed by atoms with Crippen LogP contribution in [0, 0.1) is 17.3 Å². The van der Waals surface area contributed by atoms with Gasteiger partial charge in [-0.25, -0.2) is 0 Å². The molecule has 0 saturated heterocycles. The van der Waals surface area contributed by atoms with Crippen molar-refractivity contribution in [2.24, 2.45) is 17.3 Å². The fourth-order valence-corrected chi connectivity index (χ4v) is 2.33. The molecule has 1 heteroatoms. The summed E-state index contributed by atoms with van der Waals surface area (Å²) in [7, 11) is 0. The molecule has 1 saturated carbocycles. The van der Waals surface area contributed by atoms with E-state index in [0.717, 1.165) is 12.3 Å². The van der Waals surface area contributed by atoms with E-state index in [9.17, 15) is 5.11 Å². The van der Waals surface area contributed by atoms with Crippen molar-refractivity contribution >= 4 is 0 Å². The van der Waals surface area contributed by atoms with Crippen LogP contribution in [0.3, 0.4) is 0 Å². The van der Waals surface area contributed by atoms with E-state index in [1.807, 2.05) is 6.92 Å². The van der Waals surface area contributed by atoms with Crippen molar-refractivity contribution in [2.45, 2.75) is 53.6 Å². The van der Waals surface area contributed by atoms with Gasteiger partial charge in [-0.3, -0.25) is 0 Å². The number of allylic oxidation sites excluding steroid dienone is 2. The highest BCUT2D eigenvalue weighted by Gasteiger charge is 2.54. The summed E-state index contributed by atoms with van der Waals surface area (Å²) < 4.78 is 0. The smallest absolute Gasteiger partial charge is 0.0568 e. The first kappa shape index (κ1) is 11.8. The third-order valence-electron chi connectivity index (χ3n) is 3.89. The maximum Gasteiger partial charge on any atom is 0.0568 e. The molecule has 1 nitrogen and oxygen atoms in total. The van der Waals surface area contributed by atoms with Crippen molar-refractivity contribution in [2.75, 3.05) is 0 Å². The van der Waals surface area contributed by atoms with Crippen LogP contribution in [-0.4, -0.2) is 11.2 Å². The van der Waals surface area contributed by atoms with Gasteiger partial charge in [0, 0.05) is 0 Å². The molecule has 1 N–H and O–H groups in total. The van der Waals surface area contributed by atoms with Crippen molar-refractivity contribution in [1.29, 1.82) is 0 Å². The molecular formula is C13H24O. The van der Waals surface area contributed by atoms with Crippen molar-refractivity contribution < 1.29 is 5.11 Å². The second-order valence-electron chi connectivity index (χ2n) is 5.49. The van der Waals surface area contributed by atoms with Gasteiger partial charge < -0.3 is 5.11 Å². The van der Waals surface area contributed by atoms with Gasteiger partial charge in [-0.15, -0.1) is 0 Å². The Bertz CT molecular complexity index is 225. The van der Waals surface area contributed by atoms with Gasteiger partial charge in [0.2, 0.25) is 0 Å².